The van der Waals surface area contributed by atoms with E-state index in [0.29, 0.717) is 5.69 Å². The summed E-state index contributed by atoms with van der Waals surface area (Å²) in [4.78, 5) is 14.1. The number of anilines is 2. The molecule has 3 rings (SSSR count). The highest BCUT2D eigenvalue weighted by atomic mass is 32.2. The summed E-state index contributed by atoms with van der Waals surface area (Å²) in [6.45, 7) is 6.86. The van der Waals surface area contributed by atoms with E-state index in [0.717, 1.165) is 44.5 Å². The van der Waals surface area contributed by atoms with Gasteiger partial charge >= 0.3 is 5.69 Å². The monoisotopic (exact) mass is 421 g/mol. The van der Waals surface area contributed by atoms with Gasteiger partial charge in [-0.25, -0.2) is 8.42 Å². The van der Waals surface area contributed by atoms with Crippen LogP contribution in [0.2, 0.25) is 0 Å². The topological polar surface area (TPSA) is 106 Å². The third-order valence-corrected chi connectivity index (χ3v) is 6.48. The fraction of sp³-hybridized carbons (Fsp3) is 0.368. The maximum absolute atomic E-state index is 12.9. The second-order valence-corrected chi connectivity index (χ2v) is 8.49. The number of nitrogens with zero attached hydrogens (tertiary/aromatic N) is 2. The first kappa shape index (κ1) is 20.9. The lowest BCUT2D eigenvalue weighted by molar-refractivity contribution is -0.898. The molecule has 0 bridgehead atoms. The lowest BCUT2D eigenvalue weighted by Crippen LogP contribution is -3.14. The number of nitrogens with one attached hydrogen (secondary N) is 2. The van der Waals surface area contributed by atoms with Crippen LogP contribution in [0.3, 0.4) is 0 Å². The number of hydrogen-bond donors (Lipinski definition) is 2. The van der Waals surface area contributed by atoms with Gasteiger partial charge in [-0.05, 0) is 31.2 Å². The SMILES string of the molecule is CC[NH+]1CCN(c2ccccc2NS(=O)(=O)c2ccc(OC)c([N+](=O)[O-])c2)CC1. The van der Waals surface area contributed by atoms with Gasteiger partial charge in [0.1, 0.15) is 0 Å². The number of sulfonamides is 1. The van der Waals surface area contributed by atoms with Crippen molar-refractivity contribution in [3.8, 4) is 5.75 Å². The number of nitro groups is 1. The zero-order chi connectivity index (χ0) is 21.0. The average molecular weight is 421 g/mol. The molecule has 0 aliphatic carbocycles. The van der Waals surface area contributed by atoms with Crippen molar-refractivity contribution in [3.63, 3.8) is 0 Å². The van der Waals surface area contributed by atoms with Crippen LogP contribution in [0.4, 0.5) is 17.1 Å². The van der Waals surface area contributed by atoms with Crippen molar-refractivity contribution < 1.29 is 23.0 Å². The maximum atomic E-state index is 12.9. The van der Waals surface area contributed by atoms with Gasteiger partial charge < -0.3 is 14.5 Å². The number of quaternary nitrogens is 1. The highest BCUT2D eigenvalue weighted by Crippen LogP contribution is 2.32. The number of likely N-dealkylation sites (N-methyl/N-ethyl adjacent to an activating group) is 1. The molecule has 0 amide bonds. The number of methoxy groups -OCH3 is 1. The quantitative estimate of drug-likeness (QED) is 0.513. The largest absolute Gasteiger partial charge is 0.490 e. The van der Waals surface area contributed by atoms with Crippen LogP contribution in [-0.2, 0) is 10.0 Å². The second-order valence-electron chi connectivity index (χ2n) is 6.80. The Morgan fingerprint density at radius 1 is 1.21 bits per heavy atom. The van der Waals surface area contributed by atoms with Crippen molar-refractivity contribution in [2.24, 2.45) is 0 Å². The Kier molecular flexibility index (Phi) is 6.23. The smallest absolute Gasteiger partial charge is 0.312 e. The molecule has 10 heteroatoms. The van der Waals surface area contributed by atoms with E-state index in [9.17, 15) is 18.5 Å². The molecule has 29 heavy (non-hydrogen) atoms. The van der Waals surface area contributed by atoms with Gasteiger partial charge in [-0.1, -0.05) is 12.1 Å². The summed E-state index contributed by atoms with van der Waals surface area (Å²) in [6, 6.07) is 10.8. The molecular weight excluding hydrogens is 396 g/mol. The van der Waals surface area contributed by atoms with Crippen LogP contribution in [0.25, 0.3) is 0 Å². The van der Waals surface area contributed by atoms with Gasteiger partial charge in [0.2, 0.25) is 0 Å². The number of para-hydroxylation sites is 2. The Morgan fingerprint density at radius 2 is 1.90 bits per heavy atom. The molecule has 1 heterocycles. The molecule has 9 nitrogen and oxygen atoms in total. The van der Waals surface area contributed by atoms with E-state index >= 15 is 0 Å². The van der Waals surface area contributed by atoms with Gasteiger partial charge in [0, 0.05) is 6.07 Å². The van der Waals surface area contributed by atoms with Crippen LogP contribution >= 0.6 is 0 Å². The zero-order valence-corrected chi connectivity index (χ0v) is 17.2. The Hall–Kier alpha value is -2.85. The van der Waals surface area contributed by atoms with Gasteiger partial charge in [0.25, 0.3) is 10.0 Å². The van der Waals surface area contributed by atoms with Gasteiger partial charge in [-0.15, -0.1) is 0 Å². The third kappa shape index (κ3) is 4.60. The summed E-state index contributed by atoms with van der Waals surface area (Å²) >= 11 is 0. The molecule has 1 aliphatic rings. The van der Waals surface area contributed by atoms with Crippen LogP contribution in [0.5, 0.6) is 5.75 Å². The van der Waals surface area contributed by atoms with Crippen molar-refractivity contribution in [3.05, 3.63) is 52.6 Å². The molecule has 2 aromatic carbocycles. The predicted molar refractivity (Wildman–Crippen MR) is 110 cm³/mol. The number of benzene rings is 2. The standard InChI is InChI=1S/C19H24N4O5S/c1-3-21-10-12-22(13-11-21)17-7-5-4-6-16(17)20-29(26,27)15-8-9-19(28-2)18(14-15)23(24)25/h4-9,14,20H,3,10-13H2,1-2H3/p+1. The minimum Gasteiger partial charge on any atom is -0.490 e. The van der Waals surface area contributed by atoms with E-state index in [1.807, 2.05) is 12.1 Å². The third-order valence-electron chi connectivity index (χ3n) is 5.12. The Balaban J connectivity index is 1.88. The number of piperazine rings is 1. The molecule has 0 saturated carbocycles. The van der Waals surface area contributed by atoms with Crippen LogP contribution in [0.15, 0.2) is 47.4 Å². The number of rotatable bonds is 7. The highest BCUT2D eigenvalue weighted by Gasteiger charge is 2.25. The normalized spacial score (nSPS) is 15.2. The van der Waals surface area contributed by atoms with Crippen molar-refractivity contribution in [1.82, 2.24) is 0 Å². The molecule has 0 unspecified atom stereocenters. The summed E-state index contributed by atoms with van der Waals surface area (Å²) in [5, 5.41) is 11.2. The molecule has 1 fully saturated rings. The fourth-order valence-corrected chi connectivity index (χ4v) is 4.53. The number of nitro benzene ring substituents is 1. The lowest BCUT2D eigenvalue weighted by atomic mass is 10.2. The van der Waals surface area contributed by atoms with Crippen LogP contribution < -0.4 is 19.3 Å². The molecule has 2 aromatic rings. The first-order chi connectivity index (χ1) is 13.9. The minimum absolute atomic E-state index is 0.00523. The first-order valence-electron chi connectivity index (χ1n) is 9.38. The Morgan fingerprint density at radius 3 is 2.52 bits per heavy atom. The van der Waals surface area contributed by atoms with E-state index in [-0.39, 0.29) is 10.6 Å². The first-order valence-corrected chi connectivity index (χ1v) is 10.9. The molecule has 2 N–H and O–H groups in total. The molecular formula is C19H25N4O5S+. The van der Waals surface area contributed by atoms with E-state index < -0.39 is 20.6 Å². The van der Waals surface area contributed by atoms with E-state index in [1.54, 1.807) is 12.1 Å². The second kappa shape index (κ2) is 8.66. The number of hydrogen-bond acceptors (Lipinski definition) is 6. The van der Waals surface area contributed by atoms with E-state index in [4.69, 9.17) is 4.74 Å². The van der Waals surface area contributed by atoms with Crippen molar-refractivity contribution in [1.29, 1.82) is 0 Å². The van der Waals surface area contributed by atoms with Crippen molar-refractivity contribution in [2.45, 2.75) is 11.8 Å². The van der Waals surface area contributed by atoms with Gasteiger partial charge in [-0.2, -0.15) is 0 Å². The summed E-state index contributed by atoms with van der Waals surface area (Å²) in [5.41, 5.74) is 0.850. The van der Waals surface area contributed by atoms with Crippen LogP contribution in [0, 0.1) is 10.1 Å². The molecule has 0 atom stereocenters. The molecule has 1 aliphatic heterocycles. The zero-order valence-electron chi connectivity index (χ0n) is 16.4. The van der Waals surface area contributed by atoms with E-state index in [1.165, 1.54) is 24.1 Å². The maximum Gasteiger partial charge on any atom is 0.312 e. The average Bonchev–Trinajstić information content (AvgIpc) is 2.73. The van der Waals surface area contributed by atoms with Crippen molar-refractivity contribution in [2.75, 3.05) is 49.5 Å². The van der Waals surface area contributed by atoms with E-state index in [2.05, 4.69) is 16.5 Å². The summed E-state index contributed by atoms with van der Waals surface area (Å²) < 4.78 is 33.4. The molecule has 1 saturated heterocycles. The number of ether oxygens (including phenoxy) is 1. The fourth-order valence-electron chi connectivity index (χ4n) is 3.44. The Bertz CT molecular complexity index is 988. The molecule has 0 radical (unpaired) electrons. The molecule has 156 valence electrons. The van der Waals surface area contributed by atoms with Gasteiger partial charge in [0.05, 0.1) is 61.0 Å². The lowest BCUT2D eigenvalue weighted by Gasteiger charge is -2.34. The van der Waals surface area contributed by atoms with Crippen LogP contribution in [-0.4, -0.2) is 53.2 Å². The summed E-state index contributed by atoms with van der Waals surface area (Å²) in [6.07, 6.45) is 0. The summed E-state index contributed by atoms with van der Waals surface area (Å²) in [5.74, 6) is 0.00523. The molecule has 0 spiro atoms. The van der Waals surface area contributed by atoms with Gasteiger partial charge in [-0.3, -0.25) is 14.8 Å². The highest BCUT2D eigenvalue weighted by molar-refractivity contribution is 7.92. The summed E-state index contributed by atoms with van der Waals surface area (Å²) in [7, 11) is -2.72. The van der Waals surface area contributed by atoms with Gasteiger partial charge in [0.15, 0.2) is 5.75 Å². The van der Waals surface area contributed by atoms with Crippen molar-refractivity contribution >= 4 is 27.1 Å². The molecule has 0 aromatic heterocycles. The van der Waals surface area contributed by atoms with Crippen LogP contribution in [0.1, 0.15) is 6.92 Å². The predicted octanol–water partition coefficient (Wildman–Crippen LogP) is 1.13. The minimum atomic E-state index is -4.01. The Labute approximate surface area is 170 Å².